The van der Waals surface area contributed by atoms with Crippen molar-refractivity contribution in [3.8, 4) is 0 Å². The number of carbonyl (C=O) groups is 1. The van der Waals surface area contributed by atoms with Gasteiger partial charge in [-0.2, -0.15) is 0 Å². The van der Waals surface area contributed by atoms with Crippen LogP contribution in [0.15, 0.2) is 0 Å². The molecule has 19 heavy (non-hydrogen) atoms. The van der Waals surface area contributed by atoms with Crippen molar-refractivity contribution >= 4 is 6.03 Å². The van der Waals surface area contributed by atoms with Crippen LogP contribution in [0, 0.1) is 0 Å². The molecule has 0 radical (unpaired) electrons. The number of nitrogens with zero attached hydrogens (tertiary/aromatic N) is 1. The summed E-state index contributed by atoms with van der Waals surface area (Å²) in [5.41, 5.74) is 0. The second-order valence-electron chi connectivity index (χ2n) is 5.64. The Hall–Kier alpha value is -0.810. The van der Waals surface area contributed by atoms with Crippen LogP contribution in [0.5, 0.6) is 0 Å². The Bertz CT molecular complexity index is 271. The average molecular weight is 271 g/mol. The summed E-state index contributed by atoms with van der Waals surface area (Å²) >= 11 is 0. The van der Waals surface area contributed by atoms with Crippen LogP contribution in [0.25, 0.3) is 0 Å². The van der Waals surface area contributed by atoms with E-state index < -0.39 is 0 Å². The van der Waals surface area contributed by atoms with Crippen molar-refractivity contribution in [2.45, 2.75) is 57.7 Å². The number of amides is 2. The first kappa shape index (κ1) is 16.2. The van der Waals surface area contributed by atoms with Crippen LogP contribution in [0.4, 0.5) is 4.79 Å². The van der Waals surface area contributed by atoms with Crippen molar-refractivity contribution in [2.75, 3.05) is 27.2 Å². The van der Waals surface area contributed by atoms with Gasteiger partial charge in [-0.3, -0.25) is 0 Å². The third kappa shape index (κ3) is 5.78. The van der Waals surface area contributed by atoms with E-state index in [2.05, 4.69) is 36.4 Å². The minimum absolute atomic E-state index is 0.0777. The maximum Gasteiger partial charge on any atom is 0.315 e. The Morgan fingerprint density at radius 1 is 1.37 bits per heavy atom. The summed E-state index contributed by atoms with van der Waals surface area (Å²) in [7, 11) is 3.78. The van der Waals surface area contributed by atoms with Crippen LogP contribution >= 0.6 is 0 Å². The number of likely N-dealkylation sites (N-methyl/N-ethyl adjacent to an activating group) is 1. The molecule has 1 aliphatic carbocycles. The number of ether oxygens (including phenoxy) is 1. The molecule has 1 saturated carbocycles. The monoisotopic (exact) mass is 271 g/mol. The molecule has 112 valence electrons. The summed E-state index contributed by atoms with van der Waals surface area (Å²) in [5.74, 6) is 0. The minimum Gasteiger partial charge on any atom is -0.379 e. The SMILES string of the molecule is CO[C@@H]1CCCC[C@H]1NC(=O)NCCN(C)C(C)C. The van der Waals surface area contributed by atoms with Gasteiger partial charge in [-0.15, -0.1) is 0 Å². The highest BCUT2D eigenvalue weighted by Crippen LogP contribution is 2.20. The maximum absolute atomic E-state index is 11.8. The number of carbonyl (C=O) groups excluding carboxylic acids is 1. The highest BCUT2D eigenvalue weighted by atomic mass is 16.5. The van der Waals surface area contributed by atoms with Gasteiger partial charge in [-0.25, -0.2) is 4.79 Å². The molecule has 0 aromatic rings. The molecule has 1 rings (SSSR count). The van der Waals surface area contributed by atoms with Gasteiger partial charge in [0.15, 0.2) is 0 Å². The standard InChI is InChI=1S/C14H29N3O2/c1-11(2)17(3)10-9-15-14(18)16-12-7-5-6-8-13(12)19-4/h11-13H,5-10H2,1-4H3,(H2,15,16,18)/t12-,13-/m1/s1. The molecule has 5 heteroatoms. The Kier molecular flexibility index (Phi) is 7.16. The van der Waals surface area contributed by atoms with Gasteiger partial charge in [0.05, 0.1) is 12.1 Å². The summed E-state index contributed by atoms with van der Waals surface area (Å²) in [5, 5.41) is 5.94. The van der Waals surface area contributed by atoms with Crippen LogP contribution in [-0.2, 0) is 4.74 Å². The number of methoxy groups -OCH3 is 1. The van der Waals surface area contributed by atoms with E-state index in [1.807, 2.05) is 0 Å². The van der Waals surface area contributed by atoms with Gasteiger partial charge in [-0.05, 0) is 33.7 Å². The zero-order chi connectivity index (χ0) is 14.3. The van der Waals surface area contributed by atoms with E-state index >= 15 is 0 Å². The highest BCUT2D eigenvalue weighted by Gasteiger charge is 2.26. The summed E-state index contributed by atoms with van der Waals surface area (Å²) in [6.07, 6.45) is 4.58. The van der Waals surface area contributed by atoms with Gasteiger partial charge in [0.1, 0.15) is 0 Å². The minimum atomic E-state index is -0.0777. The number of urea groups is 1. The topological polar surface area (TPSA) is 53.6 Å². The first-order chi connectivity index (χ1) is 9.04. The lowest BCUT2D eigenvalue weighted by Gasteiger charge is -2.31. The van der Waals surface area contributed by atoms with Crippen LogP contribution in [0.1, 0.15) is 39.5 Å². The first-order valence-electron chi connectivity index (χ1n) is 7.32. The van der Waals surface area contributed by atoms with Gasteiger partial charge >= 0.3 is 6.03 Å². The van der Waals surface area contributed by atoms with Crippen molar-refractivity contribution in [1.29, 1.82) is 0 Å². The number of hydrogen-bond acceptors (Lipinski definition) is 3. The van der Waals surface area contributed by atoms with E-state index in [1.165, 1.54) is 12.8 Å². The molecular weight excluding hydrogens is 242 g/mol. The Morgan fingerprint density at radius 3 is 2.68 bits per heavy atom. The molecule has 0 unspecified atom stereocenters. The molecule has 0 aliphatic heterocycles. The molecule has 2 N–H and O–H groups in total. The number of hydrogen-bond donors (Lipinski definition) is 2. The van der Waals surface area contributed by atoms with Crippen molar-refractivity contribution in [1.82, 2.24) is 15.5 Å². The van der Waals surface area contributed by atoms with E-state index in [4.69, 9.17) is 4.74 Å². The molecule has 0 aromatic carbocycles. The largest absolute Gasteiger partial charge is 0.379 e. The Balaban J connectivity index is 2.22. The fourth-order valence-electron chi connectivity index (χ4n) is 2.37. The lowest BCUT2D eigenvalue weighted by atomic mass is 9.92. The summed E-state index contributed by atoms with van der Waals surface area (Å²) in [4.78, 5) is 14.0. The predicted molar refractivity (Wildman–Crippen MR) is 77.4 cm³/mol. The van der Waals surface area contributed by atoms with Gasteiger partial charge in [0.2, 0.25) is 0 Å². The number of nitrogens with one attached hydrogen (secondary N) is 2. The van der Waals surface area contributed by atoms with E-state index in [0.717, 1.165) is 19.4 Å². The molecule has 1 fully saturated rings. The van der Waals surface area contributed by atoms with E-state index in [9.17, 15) is 4.79 Å². The fraction of sp³-hybridized carbons (Fsp3) is 0.929. The third-order valence-corrected chi connectivity index (χ3v) is 3.95. The van der Waals surface area contributed by atoms with Gasteiger partial charge in [0, 0.05) is 26.2 Å². The summed E-state index contributed by atoms with van der Waals surface area (Å²) < 4.78 is 5.43. The van der Waals surface area contributed by atoms with Crippen LogP contribution in [0.2, 0.25) is 0 Å². The Labute approximate surface area is 117 Å². The number of rotatable bonds is 6. The summed E-state index contributed by atoms with van der Waals surface area (Å²) in [6.45, 7) is 5.82. The highest BCUT2D eigenvalue weighted by molar-refractivity contribution is 5.74. The molecule has 0 saturated heterocycles. The predicted octanol–water partition coefficient (Wildman–Crippen LogP) is 1.58. The molecule has 0 heterocycles. The first-order valence-corrected chi connectivity index (χ1v) is 7.32. The maximum atomic E-state index is 11.8. The fourth-order valence-corrected chi connectivity index (χ4v) is 2.37. The van der Waals surface area contributed by atoms with Gasteiger partial charge < -0.3 is 20.3 Å². The molecule has 1 aliphatic rings. The van der Waals surface area contributed by atoms with Gasteiger partial charge in [-0.1, -0.05) is 12.8 Å². The van der Waals surface area contributed by atoms with E-state index in [-0.39, 0.29) is 18.2 Å². The lowest BCUT2D eigenvalue weighted by Crippen LogP contribution is -2.50. The quantitative estimate of drug-likeness (QED) is 0.771. The normalized spacial score (nSPS) is 23.7. The second kappa shape index (κ2) is 8.38. The van der Waals surface area contributed by atoms with Crippen molar-refractivity contribution in [3.63, 3.8) is 0 Å². The van der Waals surface area contributed by atoms with Crippen LogP contribution in [-0.4, -0.2) is 56.4 Å². The van der Waals surface area contributed by atoms with Crippen molar-refractivity contribution in [3.05, 3.63) is 0 Å². The molecule has 0 aromatic heterocycles. The van der Waals surface area contributed by atoms with E-state index in [0.29, 0.717) is 12.6 Å². The average Bonchev–Trinajstić information content (AvgIpc) is 2.39. The molecule has 0 bridgehead atoms. The van der Waals surface area contributed by atoms with Crippen LogP contribution in [0.3, 0.4) is 0 Å². The van der Waals surface area contributed by atoms with Crippen LogP contribution < -0.4 is 10.6 Å². The van der Waals surface area contributed by atoms with Crippen molar-refractivity contribution in [2.24, 2.45) is 0 Å². The smallest absolute Gasteiger partial charge is 0.315 e. The molecule has 0 spiro atoms. The Morgan fingerprint density at radius 2 is 2.05 bits per heavy atom. The van der Waals surface area contributed by atoms with E-state index in [1.54, 1.807) is 7.11 Å². The second-order valence-corrected chi connectivity index (χ2v) is 5.64. The third-order valence-electron chi connectivity index (χ3n) is 3.95. The zero-order valence-corrected chi connectivity index (χ0v) is 12.7. The van der Waals surface area contributed by atoms with Crippen molar-refractivity contribution < 1.29 is 9.53 Å². The molecular formula is C14H29N3O2. The zero-order valence-electron chi connectivity index (χ0n) is 12.7. The molecule has 2 atom stereocenters. The lowest BCUT2D eigenvalue weighted by molar-refractivity contribution is 0.0452. The summed E-state index contributed by atoms with van der Waals surface area (Å²) in [6, 6.07) is 0.578. The molecule has 2 amide bonds. The van der Waals surface area contributed by atoms with Gasteiger partial charge in [0.25, 0.3) is 0 Å². The molecule has 5 nitrogen and oxygen atoms in total.